The zero-order chi connectivity index (χ0) is 14.0. The Kier molecular flexibility index (Phi) is 4.01. The van der Waals surface area contributed by atoms with Gasteiger partial charge in [0.25, 0.3) is 5.91 Å². The lowest BCUT2D eigenvalue weighted by molar-refractivity contribution is -0.127. The highest BCUT2D eigenvalue weighted by Gasteiger charge is 2.35. The molecule has 1 aliphatic heterocycles. The van der Waals surface area contributed by atoms with Crippen molar-refractivity contribution < 1.29 is 9.53 Å². The van der Waals surface area contributed by atoms with Gasteiger partial charge in [-0.3, -0.25) is 4.79 Å². The number of fused-ring (bicyclic) bond motifs is 1. The highest BCUT2D eigenvalue weighted by atomic mass is 79.9. The Hall–Kier alpha value is -1.03. The molecule has 1 saturated carbocycles. The van der Waals surface area contributed by atoms with E-state index in [1.165, 1.54) is 25.7 Å². The highest BCUT2D eigenvalue weighted by Crippen LogP contribution is 2.39. The number of ether oxygens (including phenoxy) is 1. The van der Waals surface area contributed by atoms with E-state index in [0.29, 0.717) is 6.42 Å². The SMILES string of the molecule is O=C(NCC1(CBr)CCCC1)C1Cc2ccccc2O1. The minimum absolute atomic E-state index is 0.0217. The van der Waals surface area contributed by atoms with Crippen LogP contribution in [-0.2, 0) is 11.2 Å². The standard InChI is InChI=1S/C16H20BrNO2/c17-10-16(7-3-4-8-16)11-18-15(19)14-9-12-5-1-2-6-13(12)20-14/h1-2,5-6,14H,3-4,7-11H2,(H,18,19). The fourth-order valence-electron chi connectivity index (χ4n) is 3.20. The number of alkyl halides is 1. The smallest absolute Gasteiger partial charge is 0.261 e. The molecule has 1 aromatic carbocycles. The topological polar surface area (TPSA) is 38.3 Å². The molecule has 0 bridgehead atoms. The molecule has 1 heterocycles. The van der Waals surface area contributed by atoms with E-state index in [-0.39, 0.29) is 17.4 Å². The number of carbonyl (C=O) groups is 1. The molecule has 4 heteroatoms. The molecule has 3 rings (SSSR count). The fourth-order valence-corrected chi connectivity index (χ4v) is 3.96. The maximum Gasteiger partial charge on any atom is 0.261 e. The summed E-state index contributed by atoms with van der Waals surface area (Å²) in [4.78, 5) is 12.3. The first kappa shape index (κ1) is 13.9. The summed E-state index contributed by atoms with van der Waals surface area (Å²) in [5.41, 5.74) is 1.38. The van der Waals surface area contributed by atoms with Gasteiger partial charge in [-0.25, -0.2) is 0 Å². The van der Waals surface area contributed by atoms with Gasteiger partial charge >= 0.3 is 0 Å². The highest BCUT2D eigenvalue weighted by molar-refractivity contribution is 9.09. The Labute approximate surface area is 128 Å². The largest absolute Gasteiger partial charge is 0.480 e. The van der Waals surface area contributed by atoms with Crippen LogP contribution in [0.5, 0.6) is 5.75 Å². The van der Waals surface area contributed by atoms with Gasteiger partial charge in [0, 0.05) is 18.3 Å². The van der Waals surface area contributed by atoms with Crippen LogP contribution in [0.15, 0.2) is 24.3 Å². The molecule has 1 N–H and O–H groups in total. The molecular formula is C16H20BrNO2. The van der Waals surface area contributed by atoms with E-state index in [0.717, 1.165) is 23.2 Å². The Morgan fingerprint density at radius 3 is 2.80 bits per heavy atom. The lowest BCUT2D eigenvalue weighted by Gasteiger charge is -2.27. The van der Waals surface area contributed by atoms with Crippen LogP contribution in [-0.4, -0.2) is 23.9 Å². The molecule has 3 nitrogen and oxygen atoms in total. The van der Waals surface area contributed by atoms with Gasteiger partial charge in [0.2, 0.25) is 0 Å². The van der Waals surface area contributed by atoms with Gasteiger partial charge in [-0.05, 0) is 29.9 Å². The average molecular weight is 338 g/mol. The van der Waals surface area contributed by atoms with Crippen molar-refractivity contribution in [1.29, 1.82) is 0 Å². The van der Waals surface area contributed by atoms with Crippen LogP contribution < -0.4 is 10.1 Å². The molecule has 1 amide bonds. The van der Waals surface area contributed by atoms with Gasteiger partial charge in [0.05, 0.1) is 0 Å². The molecular weight excluding hydrogens is 318 g/mol. The molecule has 1 aromatic rings. The van der Waals surface area contributed by atoms with Gasteiger partial charge in [0.1, 0.15) is 5.75 Å². The Morgan fingerprint density at radius 1 is 1.35 bits per heavy atom. The number of hydrogen-bond donors (Lipinski definition) is 1. The maximum atomic E-state index is 12.3. The summed E-state index contributed by atoms with van der Waals surface area (Å²) in [6.07, 6.45) is 5.26. The minimum Gasteiger partial charge on any atom is -0.480 e. The monoisotopic (exact) mass is 337 g/mol. The van der Waals surface area contributed by atoms with E-state index < -0.39 is 0 Å². The first-order valence-electron chi connectivity index (χ1n) is 7.31. The molecule has 0 saturated heterocycles. The van der Waals surface area contributed by atoms with E-state index in [1.54, 1.807) is 0 Å². The minimum atomic E-state index is -0.360. The summed E-state index contributed by atoms with van der Waals surface area (Å²) in [5, 5.41) is 4.06. The van der Waals surface area contributed by atoms with Crippen molar-refractivity contribution in [3.05, 3.63) is 29.8 Å². The van der Waals surface area contributed by atoms with Gasteiger partial charge in [-0.1, -0.05) is 47.0 Å². The predicted molar refractivity (Wildman–Crippen MR) is 82.3 cm³/mol. The lowest BCUT2D eigenvalue weighted by atomic mass is 9.89. The van der Waals surface area contributed by atoms with E-state index in [9.17, 15) is 4.79 Å². The number of benzene rings is 1. The fraction of sp³-hybridized carbons (Fsp3) is 0.562. The van der Waals surface area contributed by atoms with Gasteiger partial charge in [-0.2, -0.15) is 0 Å². The second-order valence-corrected chi connectivity index (χ2v) is 6.54. The molecule has 1 aliphatic carbocycles. The Balaban J connectivity index is 1.56. The third-order valence-corrected chi connectivity index (χ3v) is 5.71. The number of halogens is 1. The zero-order valence-corrected chi connectivity index (χ0v) is 13.1. The quantitative estimate of drug-likeness (QED) is 0.857. The van der Waals surface area contributed by atoms with Crippen molar-refractivity contribution in [1.82, 2.24) is 5.32 Å². The number of rotatable bonds is 4. The third-order valence-electron chi connectivity index (χ3n) is 4.52. The van der Waals surface area contributed by atoms with Crippen LogP contribution in [0.25, 0.3) is 0 Å². The first-order valence-corrected chi connectivity index (χ1v) is 8.43. The lowest BCUT2D eigenvalue weighted by Crippen LogP contribution is -2.43. The van der Waals surface area contributed by atoms with E-state index in [2.05, 4.69) is 21.2 Å². The molecule has 1 atom stereocenters. The molecule has 0 aromatic heterocycles. The summed E-state index contributed by atoms with van der Waals surface area (Å²) in [7, 11) is 0. The van der Waals surface area contributed by atoms with Crippen molar-refractivity contribution in [2.75, 3.05) is 11.9 Å². The molecule has 2 aliphatic rings. The van der Waals surface area contributed by atoms with Crippen molar-refractivity contribution >= 4 is 21.8 Å². The van der Waals surface area contributed by atoms with Crippen LogP contribution in [0.1, 0.15) is 31.2 Å². The summed E-state index contributed by atoms with van der Waals surface area (Å²) < 4.78 is 5.73. The van der Waals surface area contributed by atoms with Crippen molar-refractivity contribution in [2.45, 2.75) is 38.2 Å². The summed E-state index contributed by atoms with van der Waals surface area (Å²) in [6.45, 7) is 0.757. The summed E-state index contributed by atoms with van der Waals surface area (Å²) in [5.74, 6) is 0.872. The number of hydrogen-bond acceptors (Lipinski definition) is 2. The van der Waals surface area contributed by atoms with E-state index in [4.69, 9.17) is 4.74 Å². The number of nitrogens with one attached hydrogen (secondary N) is 1. The molecule has 20 heavy (non-hydrogen) atoms. The second kappa shape index (κ2) is 5.76. The molecule has 0 radical (unpaired) electrons. The van der Waals surface area contributed by atoms with Crippen LogP contribution in [0, 0.1) is 5.41 Å². The van der Waals surface area contributed by atoms with Gasteiger partial charge in [0.15, 0.2) is 6.10 Å². The van der Waals surface area contributed by atoms with Crippen molar-refractivity contribution in [3.63, 3.8) is 0 Å². The molecule has 1 unspecified atom stereocenters. The van der Waals surface area contributed by atoms with E-state index in [1.807, 2.05) is 24.3 Å². The van der Waals surface area contributed by atoms with Gasteiger partial charge in [-0.15, -0.1) is 0 Å². The zero-order valence-electron chi connectivity index (χ0n) is 11.5. The van der Waals surface area contributed by atoms with Crippen LogP contribution in [0.3, 0.4) is 0 Å². The van der Waals surface area contributed by atoms with Crippen molar-refractivity contribution in [2.24, 2.45) is 5.41 Å². The second-order valence-electron chi connectivity index (χ2n) is 5.98. The Morgan fingerprint density at radius 2 is 2.10 bits per heavy atom. The van der Waals surface area contributed by atoms with Crippen LogP contribution in [0.4, 0.5) is 0 Å². The Bertz CT molecular complexity index is 472. The number of carbonyl (C=O) groups excluding carboxylic acids is 1. The van der Waals surface area contributed by atoms with E-state index >= 15 is 0 Å². The predicted octanol–water partition coefficient (Wildman–Crippen LogP) is 3.06. The summed E-state index contributed by atoms with van der Waals surface area (Å²) >= 11 is 3.61. The van der Waals surface area contributed by atoms with Crippen LogP contribution in [0.2, 0.25) is 0 Å². The van der Waals surface area contributed by atoms with Crippen LogP contribution >= 0.6 is 15.9 Å². The number of para-hydroxylation sites is 1. The molecule has 1 fully saturated rings. The summed E-state index contributed by atoms with van der Waals surface area (Å²) in [6, 6.07) is 7.89. The first-order chi connectivity index (χ1) is 9.72. The molecule has 108 valence electrons. The van der Waals surface area contributed by atoms with Gasteiger partial charge < -0.3 is 10.1 Å². The number of amides is 1. The average Bonchev–Trinajstić information content (AvgIpc) is 3.12. The normalized spacial score (nSPS) is 23.1. The maximum absolute atomic E-state index is 12.3. The third kappa shape index (κ3) is 2.71. The van der Waals surface area contributed by atoms with Crippen molar-refractivity contribution in [3.8, 4) is 5.75 Å². The molecule has 0 spiro atoms.